The number of hydrogen-bond donors (Lipinski definition) is 2. The van der Waals surface area contributed by atoms with E-state index in [0.29, 0.717) is 30.0 Å². The minimum Gasteiger partial charge on any atom is -0.497 e. The Morgan fingerprint density at radius 3 is 2.05 bits per heavy atom. The third kappa shape index (κ3) is 9.67. The summed E-state index contributed by atoms with van der Waals surface area (Å²) in [5, 5.41) is 5.75. The van der Waals surface area contributed by atoms with Crippen molar-refractivity contribution in [2.75, 3.05) is 19.0 Å². The monoisotopic (exact) mass is 559 g/mol. The molecular weight excluding hydrogens is 518 g/mol. The summed E-state index contributed by atoms with van der Waals surface area (Å²) in [6, 6.07) is 23.8. The molecule has 0 heterocycles. The van der Waals surface area contributed by atoms with E-state index in [4.69, 9.17) is 9.47 Å². The second-order valence-corrected chi connectivity index (χ2v) is 10.8. The Kier molecular flexibility index (Phi) is 11.3. The van der Waals surface area contributed by atoms with E-state index in [1.54, 1.807) is 57.0 Å². The van der Waals surface area contributed by atoms with E-state index in [0.717, 1.165) is 12.0 Å². The number of hydrogen-bond acceptors (Lipinski definition) is 5. The molecule has 3 aromatic rings. The molecular formula is C33H41N3O5. The van der Waals surface area contributed by atoms with Crippen LogP contribution in [0.5, 0.6) is 5.75 Å². The van der Waals surface area contributed by atoms with E-state index >= 15 is 0 Å². The van der Waals surface area contributed by atoms with Gasteiger partial charge < -0.3 is 25.0 Å². The molecule has 0 fully saturated rings. The summed E-state index contributed by atoms with van der Waals surface area (Å²) >= 11 is 0. The zero-order valence-electron chi connectivity index (χ0n) is 24.6. The number of nitrogens with one attached hydrogen (secondary N) is 2. The molecule has 3 rings (SSSR count). The standard InChI is InChI=1S/C33H41N3O5/c1-6-7-22-36(31(38)28(23-24-14-10-8-11-15-24)35-32(39)41-33(2,3)4)29(25-16-12-9-13-17-25)30(37)34-26-18-20-27(40-5)21-19-26/h8-21,28-29H,6-7,22-23H2,1-5H3,(H,34,37)(H,35,39). The molecule has 0 saturated carbocycles. The summed E-state index contributed by atoms with van der Waals surface area (Å²) in [6.45, 7) is 7.65. The van der Waals surface area contributed by atoms with Gasteiger partial charge in [0.25, 0.3) is 5.91 Å². The molecule has 0 aliphatic heterocycles. The highest BCUT2D eigenvalue weighted by molar-refractivity contribution is 5.99. The van der Waals surface area contributed by atoms with Gasteiger partial charge in [0.1, 0.15) is 23.4 Å². The fourth-order valence-electron chi connectivity index (χ4n) is 4.39. The Morgan fingerprint density at radius 2 is 1.49 bits per heavy atom. The number of nitrogens with zero attached hydrogens (tertiary/aromatic N) is 1. The Labute approximate surface area is 243 Å². The number of benzene rings is 3. The summed E-state index contributed by atoms with van der Waals surface area (Å²) in [4.78, 5) is 42.7. The van der Waals surface area contributed by atoms with E-state index in [9.17, 15) is 14.4 Å². The van der Waals surface area contributed by atoms with E-state index in [2.05, 4.69) is 10.6 Å². The van der Waals surface area contributed by atoms with Crippen LogP contribution in [0.1, 0.15) is 57.7 Å². The number of methoxy groups -OCH3 is 1. The largest absolute Gasteiger partial charge is 0.497 e. The lowest BCUT2D eigenvalue weighted by Crippen LogP contribution is -2.53. The van der Waals surface area contributed by atoms with Crippen LogP contribution in [-0.4, -0.2) is 48.1 Å². The van der Waals surface area contributed by atoms with E-state index < -0.39 is 23.8 Å². The number of alkyl carbamates (subject to hydrolysis) is 1. The number of unbranched alkanes of at least 4 members (excludes halogenated alkanes) is 1. The predicted octanol–water partition coefficient (Wildman–Crippen LogP) is 6.14. The lowest BCUT2D eigenvalue weighted by Gasteiger charge is -2.34. The molecule has 8 nitrogen and oxygen atoms in total. The predicted molar refractivity (Wildman–Crippen MR) is 161 cm³/mol. The maximum absolute atomic E-state index is 14.4. The molecule has 218 valence electrons. The van der Waals surface area contributed by atoms with Gasteiger partial charge in [0.2, 0.25) is 5.91 Å². The fourth-order valence-corrected chi connectivity index (χ4v) is 4.39. The van der Waals surface area contributed by atoms with Gasteiger partial charge in [-0.1, -0.05) is 74.0 Å². The normalized spacial score (nSPS) is 12.5. The van der Waals surface area contributed by atoms with Gasteiger partial charge in [0, 0.05) is 18.7 Å². The topological polar surface area (TPSA) is 97.0 Å². The van der Waals surface area contributed by atoms with Crippen LogP contribution in [0.2, 0.25) is 0 Å². The van der Waals surface area contributed by atoms with Crippen molar-refractivity contribution in [3.05, 3.63) is 96.1 Å². The summed E-state index contributed by atoms with van der Waals surface area (Å²) < 4.78 is 10.7. The molecule has 0 aromatic heterocycles. The highest BCUT2D eigenvalue weighted by Gasteiger charge is 2.36. The Bertz CT molecular complexity index is 1260. The lowest BCUT2D eigenvalue weighted by molar-refractivity contribution is -0.140. The molecule has 0 saturated heterocycles. The molecule has 3 amide bonds. The molecule has 8 heteroatoms. The van der Waals surface area contributed by atoms with Crippen LogP contribution in [0, 0.1) is 0 Å². The van der Waals surface area contributed by atoms with Gasteiger partial charge in [-0.2, -0.15) is 0 Å². The molecule has 0 radical (unpaired) electrons. The lowest BCUT2D eigenvalue weighted by atomic mass is 10.00. The molecule has 0 aliphatic carbocycles. The Balaban J connectivity index is 2.00. The van der Waals surface area contributed by atoms with Crippen LogP contribution in [-0.2, 0) is 20.7 Å². The van der Waals surface area contributed by atoms with E-state index in [1.807, 2.05) is 67.6 Å². The number of ether oxygens (including phenoxy) is 2. The van der Waals surface area contributed by atoms with Crippen LogP contribution in [0.4, 0.5) is 10.5 Å². The van der Waals surface area contributed by atoms with Crippen molar-refractivity contribution < 1.29 is 23.9 Å². The van der Waals surface area contributed by atoms with Crippen molar-refractivity contribution in [2.24, 2.45) is 0 Å². The molecule has 2 N–H and O–H groups in total. The first-order valence-electron chi connectivity index (χ1n) is 13.9. The van der Waals surface area contributed by atoms with E-state index in [-0.39, 0.29) is 18.2 Å². The number of carbonyl (C=O) groups is 3. The van der Waals surface area contributed by atoms with Crippen LogP contribution in [0.3, 0.4) is 0 Å². The zero-order chi connectivity index (χ0) is 29.8. The quantitative estimate of drug-likeness (QED) is 0.278. The third-order valence-electron chi connectivity index (χ3n) is 6.34. The molecule has 2 atom stereocenters. The molecule has 0 aliphatic rings. The first-order chi connectivity index (χ1) is 19.6. The third-order valence-corrected chi connectivity index (χ3v) is 6.34. The van der Waals surface area contributed by atoms with Gasteiger partial charge in [0.15, 0.2) is 0 Å². The zero-order valence-corrected chi connectivity index (χ0v) is 24.6. The van der Waals surface area contributed by atoms with Gasteiger partial charge in [0.05, 0.1) is 7.11 Å². The Morgan fingerprint density at radius 1 is 0.878 bits per heavy atom. The maximum Gasteiger partial charge on any atom is 0.408 e. The summed E-state index contributed by atoms with van der Waals surface area (Å²) in [5.41, 5.74) is 1.37. The number of carbonyl (C=O) groups excluding carboxylic acids is 3. The Hall–Kier alpha value is -4.33. The van der Waals surface area contributed by atoms with Gasteiger partial charge in [-0.3, -0.25) is 9.59 Å². The number of rotatable bonds is 12. The number of anilines is 1. The maximum atomic E-state index is 14.4. The van der Waals surface area contributed by atoms with Gasteiger partial charge in [-0.15, -0.1) is 0 Å². The fraction of sp³-hybridized carbons (Fsp3) is 0.364. The van der Waals surface area contributed by atoms with Gasteiger partial charge in [-0.05, 0) is 62.6 Å². The second kappa shape index (κ2) is 14.9. The van der Waals surface area contributed by atoms with Crippen LogP contribution < -0.4 is 15.4 Å². The number of amides is 3. The minimum atomic E-state index is -0.955. The molecule has 0 spiro atoms. The van der Waals surface area contributed by atoms with Gasteiger partial charge >= 0.3 is 6.09 Å². The minimum absolute atomic E-state index is 0.239. The van der Waals surface area contributed by atoms with Crippen molar-refractivity contribution >= 4 is 23.6 Å². The molecule has 3 aromatic carbocycles. The van der Waals surface area contributed by atoms with Crippen LogP contribution in [0.15, 0.2) is 84.9 Å². The summed E-state index contributed by atoms with van der Waals surface area (Å²) in [5.74, 6) is -0.0622. The van der Waals surface area contributed by atoms with Crippen molar-refractivity contribution in [1.29, 1.82) is 0 Å². The first-order valence-corrected chi connectivity index (χ1v) is 13.9. The molecule has 41 heavy (non-hydrogen) atoms. The van der Waals surface area contributed by atoms with Gasteiger partial charge in [-0.25, -0.2) is 4.79 Å². The first kappa shape index (κ1) is 31.2. The average Bonchev–Trinajstić information content (AvgIpc) is 2.95. The summed E-state index contributed by atoms with van der Waals surface area (Å²) in [6.07, 6.45) is 1.04. The van der Waals surface area contributed by atoms with Crippen molar-refractivity contribution in [3.63, 3.8) is 0 Å². The smallest absolute Gasteiger partial charge is 0.408 e. The van der Waals surface area contributed by atoms with Crippen LogP contribution >= 0.6 is 0 Å². The van der Waals surface area contributed by atoms with Crippen molar-refractivity contribution in [3.8, 4) is 5.75 Å². The molecule has 0 bridgehead atoms. The summed E-state index contributed by atoms with van der Waals surface area (Å²) in [7, 11) is 1.58. The highest BCUT2D eigenvalue weighted by Crippen LogP contribution is 2.26. The molecule has 2 unspecified atom stereocenters. The average molecular weight is 560 g/mol. The van der Waals surface area contributed by atoms with Crippen molar-refractivity contribution in [2.45, 2.75) is 64.6 Å². The van der Waals surface area contributed by atoms with E-state index in [1.165, 1.54) is 0 Å². The highest BCUT2D eigenvalue weighted by atomic mass is 16.6. The van der Waals surface area contributed by atoms with Crippen molar-refractivity contribution in [1.82, 2.24) is 10.2 Å². The second-order valence-electron chi connectivity index (χ2n) is 10.8. The van der Waals surface area contributed by atoms with Crippen LogP contribution in [0.25, 0.3) is 0 Å². The SMILES string of the molecule is CCCCN(C(=O)C(Cc1ccccc1)NC(=O)OC(C)(C)C)C(C(=O)Nc1ccc(OC)cc1)c1ccccc1.